The Morgan fingerprint density at radius 2 is 2.17 bits per heavy atom. The SMILES string of the molecule is O=C1c2ccc3c(cnn3PI)c2CCCC1c1ccncc1Cl. The number of halogens is 2. The zero-order chi connectivity index (χ0) is 16.7. The van der Waals surface area contributed by atoms with E-state index in [-0.39, 0.29) is 11.7 Å². The van der Waals surface area contributed by atoms with E-state index in [2.05, 4.69) is 32.1 Å². The first kappa shape index (κ1) is 16.4. The van der Waals surface area contributed by atoms with Crippen LogP contribution in [0.4, 0.5) is 0 Å². The van der Waals surface area contributed by atoms with Gasteiger partial charge in [0.15, 0.2) is 5.78 Å². The minimum atomic E-state index is -0.194. The molecule has 4 nitrogen and oxygen atoms in total. The van der Waals surface area contributed by atoms with Gasteiger partial charge in [0.1, 0.15) is 0 Å². The smallest absolute Gasteiger partial charge is 0.170 e. The lowest BCUT2D eigenvalue weighted by Crippen LogP contribution is -2.13. The summed E-state index contributed by atoms with van der Waals surface area (Å²) in [5.41, 5.74) is 3.93. The highest BCUT2D eigenvalue weighted by Gasteiger charge is 2.29. The van der Waals surface area contributed by atoms with Crippen molar-refractivity contribution in [1.82, 2.24) is 14.5 Å². The Kier molecular flexibility index (Phi) is 4.58. The Morgan fingerprint density at radius 1 is 1.29 bits per heavy atom. The van der Waals surface area contributed by atoms with E-state index in [1.807, 2.05) is 28.8 Å². The van der Waals surface area contributed by atoms with Crippen LogP contribution < -0.4 is 0 Å². The molecule has 7 heteroatoms. The molecule has 0 bridgehead atoms. The van der Waals surface area contributed by atoms with Crippen LogP contribution in [-0.4, -0.2) is 20.3 Å². The Morgan fingerprint density at radius 3 is 2.96 bits per heavy atom. The molecule has 2 heterocycles. The molecule has 2 aromatic heterocycles. The lowest BCUT2D eigenvalue weighted by Gasteiger charge is -2.15. The third-order valence-electron chi connectivity index (χ3n) is 4.63. The first-order valence-corrected chi connectivity index (χ1v) is 12.1. The van der Waals surface area contributed by atoms with Crippen molar-refractivity contribution in [3.63, 3.8) is 0 Å². The lowest BCUT2D eigenvalue weighted by atomic mass is 9.89. The average molecular weight is 470 g/mol. The quantitative estimate of drug-likeness (QED) is 0.295. The normalized spacial score (nSPS) is 18.2. The number of hydrogen-bond acceptors (Lipinski definition) is 3. The van der Waals surface area contributed by atoms with Crippen molar-refractivity contribution in [1.29, 1.82) is 0 Å². The molecule has 0 N–H and O–H groups in total. The van der Waals surface area contributed by atoms with Gasteiger partial charge in [0.2, 0.25) is 0 Å². The second-order valence-electron chi connectivity index (χ2n) is 5.87. The summed E-state index contributed by atoms with van der Waals surface area (Å²) in [6, 6.07) is 5.84. The van der Waals surface area contributed by atoms with Gasteiger partial charge >= 0.3 is 0 Å². The fourth-order valence-corrected chi connectivity index (χ4v) is 5.29. The molecule has 2 atom stereocenters. The fourth-order valence-electron chi connectivity index (χ4n) is 3.49. The van der Waals surface area contributed by atoms with Crippen molar-refractivity contribution < 1.29 is 4.79 Å². The molecule has 0 amide bonds. The number of fused-ring (bicyclic) bond motifs is 3. The lowest BCUT2D eigenvalue weighted by molar-refractivity contribution is 0.0957. The molecule has 0 spiro atoms. The number of pyridine rings is 1. The van der Waals surface area contributed by atoms with Crippen LogP contribution in [0.2, 0.25) is 5.02 Å². The van der Waals surface area contributed by atoms with Crippen LogP contribution in [0.1, 0.15) is 40.2 Å². The van der Waals surface area contributed by atoms with Gasteiger partial charge < -0.3 is 0 Å². The number of aromatic nitrogens is 3. The van der Waals surface area contributed by atoms with Crippen molar-refractivity contribution in [2.75, 3.05) is 0 Å². The highest BCUT2D eigenvalue weighted by Crippen LogP contribution is 2.38. The van der Waals surface area contributed by atoms with Gasteiger partial charge in [0.05, 0.1) is 23.1 Å². The van der Waals surface area contributed by atoms with Crippen molar-refractivity contribution in [3.05, 3.63) is 58.5 Å². The average Bonchev–Trinajstić information content (AvgIpc) is 2.95. The van der Waals surface area contributed by atoms with Gasteiger partial charge in [0.25, 0.3) is 0 Å². The number of ketones is 1. The summed E-state index contributed by atoms with van der Waals surface area (Å²) < 4.78 is 1.99. The summed E-state index contributed by atoms with van der Waals surface area (Å²) in [6.45, 7) is 0. The molecular formula is C17H14ClIN3OP. The molecule has 1 aliphatic carbocycles. The van der Waals surface area contributed by atoms with Crippen molar-refractivity contribution in [3.8, 4) is 0 Å². The third kappa shape index (κ3) is 2.67. The molecule has 0 saturated carbocycles. The molecule has 122 valence electrons. The van der Waals surface area contributed by atoms with Gasteiger partial charge in [-0.15, -0.1) is 0 Å². The van der Waals surface area contributed by atoms with E-state index >= 15 is 0 Å². The Labute approximate surface area is 159 Å². The predicted octanol–water partition coefficient (Wildman–Crippen LogP) is 5.18. The van der Waals surface area contributed by atoms with E-state index in [1.54, 1.807) is 12.4 Å². The Bertz CT molecular complexity index is 943. The maximum Gasteiger partial charge on any atom is 0.170 e. The van der Waals surface area contributed by atoms with Crippen LogP contribution in [0.5, 0.6) is 0 Å². The summed E-state index contributed by atoms with van der Waals surface area (Å²) in [5, 5.41) is 6.12. The minimum Gasteiger partial charge on any atom is -0.293 e. The van der Waals surface area contributed by atoms with E-state index in [1.165, 1.54) is 0 Å². The van der Waals surface area contributed by atoms with E-state index in [4.69, 9.17) is 11.6 Å². The van der Waals surface area contributed by atoms with Crippen LogP contribution in [-0.2, 0) is 6.42 Å². The van der Waals surface area contributed by atoms with E-state index < -0.39 is 0 Å². The monoisotopic (exact) mass is 469 g/mol. The molecule has 24 heavy (non-hydrogen) atoms. The molecule has 1 aromatic carbocycles. The van der Waals surface area contributed by atoms with Crippen molar-refractivity contribution in [2.45, 2.75) is 25.2 Å². The van der Waals surface area contributed by atoms with Crippen LogP contribution in [0.25, 0.3) is 10.9 Å². The second kappa shape index (κ2) is 6.70. The summed E-state index contributed by atoms with van der Waals surface area (Å²) in [6.07, 6.45) is 8.43. The highest BCUT2D eigenvalue weighted by atomic mass is 127. The topological polar surface area (TPSA) is 47.8 Å². The molecular weight excluding hydrogens is 456 g/mol. The second-order valence-corrected chi connectivity index (χ2v) is 8.32. The van der Waals surface area contributed by atoms with Crippen LogP contribution in [0, 0.1) is 0 Å². The standard InChI is InChI=1S/C17H14ClIN3OP/c18-15-9-20-7-6-11(15)12-3-1-2-10-13(17(12)23)4-5-16-14(10)8-21-22(16)24-19/h4-9,12,24H,1-3H2. The summed E-state index contributed by atoms with van der Waals surface area (Å²) in [5.74, 6) is -0.0390. The molecule has 0 aliphatic heterocycles. The molecule has 3 aromatic rings. The van der Waals surface area contributed by atoms with Gasteiger partial charge in [-0.25, -0.2) is 4.45 Å². The molecule has 0 saturated heterocycles. The molecule has 0 radical (unpaired) electrons. The largest absolute Gasteiger partial charge is 0.293 e. The molecule has 4 rings (SSSR count). The Hall–Kier alpha value is -1.04. The van der Waals surface area contributed by atoms with Gasteiger partial charge in [0, 0.05) is 29.3 Å². The first-order valence-electron chi connectivity index (χ1n) is 7.70. The molecule has 2 unspecified atom stereocenters. The maximum absolute atomic E-state index is 13.2. The van der Waals surface area contributed by atoms with Crippen LogP contribution >= 0.6 is 40.0 Å². The molecule has 1 aliphatic rings. The number of carbonyl (C=O) groups is 1. The highest BCUT2D eigenvalue weighted by molar-refractivity contribution is 14.2. The summed E-state index contributed by atoms with van der Waals surface area (Å²) >= 11 is 8.61. The van der Waals surface area contributed by atoms with Crippen LogP contribution in [0.15, 0.2) is 36.8 Å². The summed E-state index contributed by atoms with van der Waals surface area (Å²) in [7, 11) is 0. The van der Waals surface area contributed by atoms with E-state index in [0.717, 1.165) is 46.9 Å². The van der Waals surface area contributed by atoms with Gasteiger partial charge in [-0.3, -0.25) is 9.78 Å². The van der Waals surface area contributed by atoms with Crippen molar-refractivity contribution in [2.24, 2.45) is 0 Å². The number of rotatable bonds is 2. The fraction of sp³-hybridized carbons (Fsp3) is 0.235. The number of Topliss-reactive ketones (excluding diaryl/α,β-unsaturated/α-hetero) is 1. The number of hydrogen-bond donors (Lipinski definition) is 0. The Balaban J connectivity index is 1.85. The van der Waals surface area contributed by atoms with E-state index in [9.17, 15) is 4.79 Å². The predicted molar refractivity (Wildman–Crippen MR) is 107 cm³/mol. The number of nitrogens with zero attached hydrogens (tertiary/aromatic N) is 3. The number of carbonyl (C=O) groups excluding carboxylic acids is 1. The van der Waals surface area contributed by atoms with Gasteiger partial charge in [-0.2, -0.15) is 5.10 Å². The third-order valence-corrected chi connectivity index (χ3v) is 6.83. The minimum absolute atomic E-state index is 0.155. The van der Waals surface area contributed by atoms with Crippen molar-refractivity contribution >= 4 is 56.7 Å². The maximum atomic E-state index is 13.2. The first-order chi connectivity index (χ1) is 11.7. The molecule has 0 fully saturated rings. The number of aryl methyl sites for hydroxylation is 1. The zero-order valence-corrected chi connectivity index (χ0v) is 16.6. The zero-order valence-electron chi connectivity index (χ0n) is 12.7. The number of benzene rings is 1. The van der Waals surface area contributed by atoms with Crippen LogP contribution in [0.3, 0.4) is 0 Å². The summed E-state index contributed by atoms with van der Waals surface area (Å²) in [4.78, 5) is 17.2. The van der Waals surface area contributed by atoms with Gasteiger partial charge in [-0.1, -0.05) is 11.6 Å². The van der Waals surface area contributed by atoms with Gasteiger partial charge in [-0.05, 0) is 70.6 Å². The van der Waals surface area contributed by atoms with E-state index in [0.29, 0.717) is 11.4 Å².